The van der Waals surface area contributed by atoms with Gasteiger partial charge >= 0.3 is 223 Å². The molecule has 0 N–H and O–H groups in total. The van der Waals surface area contributed by atoms with Gasteiger partial charge in [-0.25, -0.2) is 0 Å². The zero-order valence-corrected chi connectivity index (χ0v) is 24.0. The van der Waals surface area contributed by atoms with Gasteiger partial charge < -0.3 is 0 Å². The van der Waals surface area contributed by atoms with E-state index in [0.717, 1.165) is 11.1 Å². The summed E-state index contributed by atoms with van der Waals surface area (Å²) in [6.45, 7) is 11.0. The fourth-order valence-corrected chi connectivity index (χ4v) is 9.89. The summed E-state index contributed by atoms with van der Waals surface area (Å²) >= 11 is -4.16. The van der Waals surface area contributed by atoms with E-state index in [2.05, 4.69) is 2.51 Å². The number of rotatable bonds is 7. The monoisotopic (exact) mass is 692 g/mol. The summed E-state index contributed by atoms with van der Waals surface area (Å²) in [5.74, 6) is -14.7. The zero-order valence-electron chi connectivity index (χ0n) is 21.0. The fraction of sp³-hybridized carbons (Fsp3) is 0.500. The topological polar surface area (TPSA) is 43.4 Å². The third-order valence-electron chi connectivity index (χ3n) is 5.39. The van der Waals surface area contributed by atoms with Gasteiger partial charge in [0.25, 0.3) is 0 Å². The molecule has 0 radical (unpaired) electrons. The molecular weight excluding hydrogens is 666 g/mol. The first-order valence-corrected chi connectivity index (χ1v) is 15.3. The van der Waals surface area contributed by atoms with E-state index >= 15 is 0 Å². The minimum absolute atomic E-state index is 0.00372. The van der Waals surface area contributed by atoms with Crippen molar-refractivity contribution in [3.63, 3.8) is 0 Å². The Morgan fingerprint density at radius 1 is 0.579 bits per heavy atom. The molecule has 0 saturated heterocycles. The van der Waals surface area contributed by atoms with Crippen molar-refractivity contribution >= 4 is 30.4 Å². The van der Waals surface area contributed by atoms with Gasteiger partial charge in [0.05, 0.1) is 0 Å². The number of halogens is 10. The van der Waals surface area contributed by atoms with Crippen LogP contribution in [0.4, 0.5) is 39.5 Å². The molecule has 14 heteroatoms. The molecule has 0 aliphatic carbocycles. The van der Waals surface area contributed by atoms with Crippen molar-refractivity contribution in [2.45, 2.75) is 75.6 Å². The van der Waals surface area contributed by atoms with Crippen LogP contribution < -0.4 is 0 Å². The molecule has 0 aliphatic heterocycles. The first-order chi connectivity index (χ1) is 16.8. The van der Waals surface area contributed by atoms with Crippen LogP contribution in [0.15, 0.2) is 48.5 Å². The van der Waals surface area contributed by atoms with Crippen LogP contribution in [0.25, 0.3) is 0 Å². The third kappa shape index (κ3) is 6.11. The van der Waals surface area contributed by atoms with Crippen LogP contribution in [0.2, 0.25) is 0 Å². The second-order valence-electron chi connectivity index (χ2n) is 10.4. The van der Waals surface area contributed by atoms with Gasteiger partial charge in [-0.15, -0.1) is 0 Å². The summed E-state index contributed by atoms with van der Waals surface area (Å²) in [4.78, 5) is 0. The SMILES string of the molecule is CC(C)(C)c1ccc(I(OS(=O)(=O)C(F)(F)C(F)(F)C(F)(F)C(F)(F)F)c2ccc(C(C)(C)C)cc2)cc1. The second kappa shape index (κ2) is 10.1. The van der Waals surface area contributed by atoms with Crippen LogP contribution in [-0.4, -0.2) is 31.7 Å². The van der Waals surface area contributed by atoms with E-state index in [1.165, 1.54) is 48.5 Å². The molecule has 0 aliphatic rings. The summed E-state index contributed by atoms with van der Waals surface area (Å²) in [5, 5.41) is -6.93. The normalized spacial score (nSPS) is 15.0. The average Bonchev–Trinajstić information content (AvgIpc) is 2.75. The summed E-state index contributed by atoms with van der Waals surface area (Å²) in [7, 11) is -7.03. The Kier molecular flexibility index (Phi) is 8.71. The third-order valence-corrected chi connectivity index (χ3v) is 12.8. The molecule has 0 atom stereocenters. The van der Waals surface area contributed by atoms with Crippen LogP contribution in [0.3, 0.4) is 0 Å². The van der Waals surface area contributed by atoms with Gasteiger partial charge in [0.2, 0.25) is 0 Å². The van der Waals surface area contributed by atoms with Crippen molar-refractivity contribution in [2.75, 3.05) is 0 Å². The quantitative estimate of drug-likeness (QED) is 0.216. The maximum atomic E-state index is 14.4. The number of benzene rings is 2. The first-order valence-electron chi connectivity index (χ1n) is 10.8. The van der Waals surface area contributed by atoms with Crippen LogP contribution >= 0.6 is 20.2 Å². The van der Waals surface area contributed by atoms with E-state index in [1.54, 1.807) is 0 Å². The number of hydrogen-bond acceptors (Lipinski definition) is 3. The Hall–Kier alpha value is -1.55. The standard InChI is InChI=1S/C24H26F9IO3S/c1-19(2,3)15-7-11-17(12-8-15)34(18-13-9-16(10-14-18)20(4,5)6)37-38(35,36)24(32,33)22(27,28)21(25,26)23(29,30)31/h7-14H,1-6H3. The molecule has 0 bridgehead atoms. The molecule has 2 aromatic carbocycles. The van der Waals surface area contributed by atoms with Crippen LogP contribution in [0.5, 0.6) is 0 Å². The van der Waals surface area contributed by atoms with Crippen molar-refractivity contribution in [3.8, 4) is 0 Å². The molecule has 2 rings (SSSR count). The van der Waals surface area contributed by atoms with Gasteiger partial charge in [-0.05, 0) is 0 Å². The predicted molar refractivity (Wildman–Crippen MR) is 133 cm³/mol. The maximum absolute atomic E-state index is 14.4. The summed E-state index contributed by atoms with van der Waals surface area (Å²) < 4.78 is 150. The van der Waals surface area contributed by atoms with E-state index < -0.39 is 64.5 Å². The molecule has 0 amide bonds. The van der Waals surface area contributed by atoms with E-state index in [-0.39, 0.29) is 7.14 Å². The molecule has 0 aromatic heterocycles. The summed E-state index contributed by atoms with van der Waals surface area (Å²) in [5.41, 5.74) is 0.670. The van der Waals surface area contributed by atoms with E-state index in [9.17, 15) is 47.9 Å². The van der Waals surface area contributed by atoms with Crippen LogP contribution in [-0.2, 0) is 23.5 Å². The van der Waals surface area contributed by atoms with Gasteiger partial charge in [0.15, 0.2) is 0 Å². The van der Waals surface area contributed by atoms with Crippen molar-refractivity contribution in [1.82, 2.24) is 0 Å². The van der Waals surface area contributed by atoms with E-state index in [1.807, 2.05) is 41.5 Å². The molecule has 3 nitrogen and oxygen atoms in total. The molecule has 0 saturated carbocycles. The molecule has 0 fully saturated rings. The number of hydrogen-bond donors (Lipinski definition) is 0. The molecule has 216 valence electrons. The van der Waals surface area contributed by atoms with Crippen molar-refractivity contribution in [2.24, 2.45) is 0 Å². The van der Waals surface area contributed by atoms with Crippen molar-refractivity contribution in [1.29, 1.82) is 0 Å². The van der Waals surface area contributed by atoms with Crippen molar-refractivity contribution < 1.29 is 50.4 Å². The molecule has 0 heterocycles. The summed E-state index contributed by atoms with van der Waals surface area (Å²) in [6.07, 6.45) is -7.17. The van der Waals surface area contributed by atoms with Gasteiger partial charge in [-0.1, -0.05) is 0 Å². The van der Waals surface area contributed by atoms with Crippen LogP contribution in [0.1, 0.15) is 52.7 Å². The molecule has 38 heavy (non-hydrogen) atoms. The Labute approximate surface area is 222 Å². The Morgan fingerprint density at radius 2 is 0.895 bits per heavy atom. The van der Waals surface area contributed by atoms with Gasteiger partial charge in [0, 0.05) is 0 Å². The van der Waals surface area contributed by atoms with Crippen molar-refractivity contribution in [3.05, 3.63) is 66.8 Å². The second-order valence-corrected chi connectivity index (χ2v) is 17.0. The Morgan fingerprint density at radius 3 is 1.16 bits per heavy atom. The average molecular weight is 692 g/mol. The Balaban J connectivity index is 2.66. The van der Waals surface area contributed by atoms with E-state index in [0.29, 0.717) is 0 Å². The van der Waals surface area contributed by atoms with Gasteiger partial charge in [0.1, 0.15) is 0 Å². The number of alkyl halides is 9. The molecule has 0 spiro atoms. The Bertz CT molecular complexity index is 1170. The zero-order chi connectivity index (χ0) is 29.8. The first kappa shape index (κ1) is 32.7. The predicted octanol–water partition coefficient (Wildman–Crippen LogP) is 8.51. The minimum atomic E-state index is -7.37. The summed E-state index contributed by atoms with van der Waals surface area (Å²) in [6, 6.07) is 11.3. The molecular formula is C24H26F9IO3S. The van der Waals surface area contributed by atoms with E-state index in [4.69, 9.17) is 0 Å². The van der Waals surface area contributed by atoms with Gasteiger partial charge in [-0.3, -0.25) is 0 Å². The van der Waals surface area contributed by atoms with Gasteiger partial charge in [-0.2, -0.15) is 0 Å². The molecule has 0 unspecified atom stereocenters. The molecule has 2 aromatic rings. The fourth-order valence-electron chi connectivity index (χ4n) is 2.97. The van der Waals surface area contributed by atoms with Crippen LogP contribution in [0, 0.1) is 7.14 Å².